The van der Waals surface area contributed by atoms with Crippen LogP contribution >= 0.6 is 0 Å². The fraction of sp³-hybridized carbons (Fsp3) is 0.200. The Balaban J connectivity index is 0.00000144. The van der Waals surface area contributed by atoms with E-state index in [4.69, 9.17) is 0 Å². The van der Waals surface area contributed by atoms with Crippen molar-refractivity contribution in [3.63, 3.8) is 0 Å². The summed E-state index contributed by atoms with van der Waals surface area (Å²) in [6.07, 6.45) is 0.945. The van der Waals surface area contributed by atoms with Gasteiger partial charge in [0.05, 0.1) is 0 Å². The third-order valence-electron chi connectivity index (χ3n) is 2.85. The number of hydrogen-bond acceptors (Lipinski definition) is 1. The standard InChI is InChI=1S/C14H15BO.CH4/c1-2-12-8-6-7-11-14(12)15(16)13-9-4-3-5-10-13;/h3-11,16H,2H2,1H3;1H4. The zero-order valence-electron chi connectivity index (χ0n) is 9.43. The monoisotopic (exact) mass is 226 g/mol. The minimum atomic E-state index is -0.516. The lowest BCUT2D eigenvalue weighted by Gasteiger charge is -2.11. The first kappa shape index (κ1) is 13.5. The molecule has 1 nitrogen and oxygen atoms in total. The quantitative estimate of drug-likeness (QED) is 0.793. The van der Waals surface area contributed by atoms with E-state index in [9.17, 15) is 5.02 Å². The van der Waals surface area contributed by atoms with Crippen molar-refractivity contribution in [1.82, 2.24) is 0 Å². The highest BCUT2D eigenvalue weighted by molar-refractivity contribution is 6.79. The summed E-state index contributed by atoms with van der Waals surface area (Å²) in [7, 11) is 0. The first-order valence-electron chi connectivity index (χ1n) is 5.63. The van der Waals surface area contributed by atoms with E-state index < -0.39 is 6.92 Å². The van der Waals surface area contributed by atoms with Crippen LogP contribution in [0.15, 0.2) is 54.6 Å². The van der Waals surface area contributed by atoms with Crippen molar-refractivity contribution in [2.45, 2.75) is 20.8 Å². The molecule has 2 aromatic carbocycles. The Labute approximate surface area is 104 Å². The predicted octanol–water partition coefficient (Wildman–Crippen LogP) is 1.98. The molecule has 0 unspecified atom stereocenters. The lowest BCUT2D eigenvalue weighted by molar-refractivity contribution is 0.600. The summed E-state index contributed by atoms with van der Waals surface area (Å²) in [5.74, 6) is 0. The first-order chi connectivity index (χ1) is 7.83. The molecule has 0 amide bonds. The summed E-state index contributed by atoms with van der Waals surface area (Å²) in [5.41, 5.74) is 3.17. The van der Waals surface area contributed by atoms with Gasteiger partial charge in [0.1, 0.15) is 0 Å². The molecule has 0 saturated heterocycles. The third-order valence-corrected chi connectivity index (χ3v) is 2.85. The largest absolute Gasteiger partial charge is 0.443 e. The first-order valence-corrected chi connectivity index (χ1v) is 5.63. The van der Waals surface area contributed by atoms with Gasteiger partial charge in [-0.15, -0.1) is 0 Å². The topological polar surface area (TPSA) is 20.2 Å². The van der Waals surface area contributed by atoms with Gasteiger partial charge in [0, 0.05) is 0 Å². The molecule has 0 atom stereocenters. The van der Waals surface area contributed by atoms with Crippen LogP contribution in [0.1, 0.15) is 19.9 Å². The van der Waals surface area contributed by atoms with Gasteiger partial charge in [-0.2, -0.15) is 0 Å². The number of aryl methyl sites for hydroxylation is 1. The van der Waals surface area contributed by atoms with E-state index in [1.165, 1.54) is 5.56 Å². The van der Waals surface area contributed by atoms with E-state index in [0.29, 0.717) is 0 Å². The van der Waals surface area contributed by atoms with Crippen LogP contribution < -0.4 is 10.9 Å². The van der Waals surface area contributed by atoms with Gasteiger partial charge < -0.3 is 5.02 Å². The molecule has 0 aliphatic rings. The zero-order valence-corrected chi connectivity index (χ0v) is 9.43. The van der Waals surface area contributed by atoms with Crippen LogP contribution in [0, 0.1) is 0 Å². The summed E-state index contributed by atoms with van der Waals surface area (Å²) in [4.78, 5) is 0. The second-order valence-electron chi connectivity index (χ2n) is 3.87. The average Bonchev–Trinajstić information content (AvgIpc) is 2.39. The van der Waals surface area contributed by atoms with Gasteiger partial charge in [-0.3, -0.25) is 0 Å². The molecular formula is C15H19BO. The summed E-state index contributed by atoms with van der Waals surface area (Å²) in [6, 6.07) is 17.8. The van der Waals surface area contributed by atoms with Crippen molar-refractivity contribution in [2.24, 2.45) is 0 Å². The normalized spacial score (nSPS) is 9.53. The fourth-order valence-electron chi connectivity index (χ4n) is 1.94. The maximum atomic E-state index is 10.3. The Morgan fingerprint density at radius 3 is 2.18 bits per heavy atom. The van der Waals surface area contributed by atoms with Crippen LogP contribution in [-0.4, -0.2) is 11.9 Å². The highest BCUT2D eigenvalue weighted by Gasteiger charge is 2.18. The van der Waals surface area contributed by atoms with Crippen LogP contribution in [0.5, 0.6) is 0 Å². The molecule has 0 bridgehead atoms. The van der Waals surface area contributed by atoms with Crippen molar-refractivity contribution in [1.29, 1.82) is 0 Å². The highest BCUT2D eigenvalue weighted by atomic mass is 16.2. The smallest absolute Gasteiger partial charge is 0.359 e. The van der Waals surface area contributed by atoms with Crippen molar-refractivity contribution in [2.75, 3.05) is 0 Å². The van der Waals surface area contributed by atoms with Gasteiger partial charge in [-0.25, -0.2) is 0 Å². The van der Waals surface area contributed by atoms with Gasteiger partial charge in [-0.05, 0) is 17.3 Å². The molecule has 2 aromatic rings. The van der Waals surface area contributed by atoms with Crippen molar-refractivity contribution >= 4 is 17.8 Å². The summed E-state index contributed by atoms with van der Waals surface area (Å²) >= 11 is 0. The molecular weight excluding hydrogens is 207 g/mol. The maximum absolute atomic E-state index is 10.3. The van der Waals surface area contributed by atoms with Crippen molar-refractivity contribution < 1.29 is 5.02 Å². The Morgan fingerprint density at radius 1 is 0.941 bits per heavy atom. The maximum Gasteiger partial charge on any atom is 0.359 e. The molecule has 0 aromatic heterocycles. The second kappa shape index (κ2) is 6.26. The molecule has 2 heteroatoms. The number of hydrogen-bond donors (Lipinski definition) is 1. The third kappa shape index (κ3) is 2.98. The SMILES string of the molecule is C.CCc1ccccc1B(O)c1ccccc1. The predicted molar refractivity (Wildman–Crippen MR) is 76.2 cm³/mol. The van der Waals surface area contributed by atoms with Crippen LogP contribution in [0.3, 0.4) is 0 Å². The lowest BCUT2D eigenvalue weighted by atomic mass is 9.54. The minimum Gasteiger partial charge on any atom is -0.443 e. The van der Waals surface area contributed by atoms with Gasteiger partial charge in [0.2, 0.25) is 0 Å². The Hall–Kier alpha value is -1.54. The second-order valence-corrected chi connectivity index (χ2v) is 3.87. The van der Waals surface area contributed by atoms with Crippen LogP contribution in [0.4, 0.5) is 0 Å². The molecule has 1 N–H and O–H groups in total. The van der Waals surface area contributed by atoms with Crippen molar-refractivity contribution in [3.05, 3.63) is 60.2 Å². The summed E-state index contributed by atoms with van der Waals surface area (Å²) in [6.45, 7) is 1.59. The van der Waals surface area contributed by atoms with Gasteiger partial charge in [-0.1, -0.05) is 74.5 Å². The zero-order chi connectivity index (χ0) is 11.4. The van der Waals surface area contributed by atoms with E-state index in [0.717, 1.165) is 17.3 Å². The fourth-order valence-corrected chi connectivity index (χ4v) is 1.94. The molecule has 17 heavy (non-hydrogen) atoms. The number of benzene rings is 2. The van der Waals surface area contributed by atoms with Gasteiger partial charge >= 0.3 is 6.92 Å². The van der Waals surface area contributed by atoms with Crippen LogP contribution in [-0.2, 0) is 6.42 Å². The minimum absolute atomic E-state index is 0. The highest BCUT2D eigenvalue weighted by Crippen LogP contribution is 1.99. The van der Waals surface area contributed by atoms with Gasteiger partial charge in [0.15, 0.2) is 0 Å². The summed E-state index contributed by atoms with van der Waals surface area (Å²) < 4.78 is 0. The average molecular weight is 226 g/mol. The molecule has 0 spiro atoms. The van der Waals surface area contributed by atoms with E-state index >= 15 is 0 Å². The summed E-state index contributed by atoms with van der Waals surface area (Å²) in [5, 5.41) is 10.3. The molecule has 0 fully saturated rings. The van der Waals surface area contributed by atoms with E-state index in [-0.39, 0.29) is 7.43 Å². The van der Waals surface area contributed by atoms with Crippen LogP contribution in [0.25, 0.3) is 0 Å². The Kier molecular flexibility index (Phi) is 4.98. The van der Waals surface area contributed by atoms with Crippen molar-refractivity contribution in [3.8, 4) is 0 Å². The lowest BCUT2D eigenvalue weighted by Crippen LogP contribution is -2.43. The van der Waals surface area contributed by atoms with Gasteiger partial charge in [0.25, 0.3) is 0 Å². The molecule has 0 aliphatic heterocycles. The molecule has 2 rings (SSSR count). The molecule has 0 aliphatic carbocycles. The number of rotatable bonds is 3. The molecule has 88 valence electrons. The molecule has 0 heterocycles. The molecule has 0 radical (unpaired) electrons. The van der Waals surface area contributed by atoms with E-state index in [1.807, 2.05) is 48.5 Å². The van der Waals surface area contributed by atoms with E-state index in [2.05, 4.69) is 13.0 Å². The van der Waals surface area contributed by atoms with E-state index in [1.54, 1.807) is 0 Å². The van der Waals surface area contributed by atoms with Crippen LogP contribution in [0.2, 0.25) is 0 Å². The Bertz CT molecular complexity index is 453. The Morgan fingerprint density at radius 2 is 1.53 bits per heavy atom. The molecule has 0 saturated carbocycles.